The molecule has 0 saturated carbocycles. The molecule has 0 radical (unpaired) electrons. The molecule has 3 rings (SSSR count). The highest BCUT2D eigenvalue weighted by Gasteiger charge is 2.30. The second-order valence-corrected chi connectivity index (χ2v) is 5.86. The maximum Gasteiger partial charge on any atom is 0.227 e. The lowest BCUT2D eigenvalue weighted by atomic mass is 9.94. The number of benzene rings is 1. The van der Waals surface area contributed by atoms with Crippen molar-refractivity contribution in [2.45, 2.75) is 32.1 Å². The van der Waals surface area contributed by atoms with Crippen molar-refractivity contribution in [2.24, 2.45) is 5.92 Å². The van der Waals surface area contributed by atoms with E-state index in [4.69, 9.17) is 0 Å². The van der Waals surface area contributed by atoms with Crippen molar-refractivity contribution >= 4 is 11.6 Å². The summed E-state index contributed by atoms with van der Waals surface area (Å²) in [5, 5.41) is 3.36. The fourth-order valence-electron chi connectivity index (χ4n) is 3.30. The highest BCUT2D eigenvalue weighted by molar-refractivity contribution is 5.96. The van der Waals surface area contributed by atoms with Crippen LogP contribution in [0.4, 0.5) is 5.69 Å². The van der Waals surface area contributed by atoms with Gasteiger partial charge in [-0.2, -0.15) is 0 Å². The van der Waals surface area contributed by atoms with Crippen LogP contribution in [0.2, 0.25) is 0 Å². The minimum atomic E-state index is 0.309. The van der Waals surface area contributed by atoms with Gasteiger partial charge < -0.3 is 10.2 Å². The second-order valence-electron chi connectivity index (χ2n) is 5.86. The molecular weight excluding hydrogens is 236 g/mol. The summed E-state index contributed by atoms with van der Waals surface area (Å²) in [4.78, 5) is 14.5. The van der Waals surface area contributed by atoms with Crippen LogP contribution in [-0.2, 0) is 4.79 Å². The number of piperidine rings is 1. The van der Waals surface area contributed by atoms with Crippen LogP contribution in [0.1, 0.15) is 37.7 Å². The van der Waals surface area contributed by atoms with Gasteiger partial charge in [0.2, 0.25) is 5.91 Å². The lowest BCUT2D eigenvalue weighted by Gasteiger charge is -2.25. The summed E-state index contributed by atoms with van der Waals surface area (Å²) in [5.41, 5.74) is 2.45. The van der Waals surface area contributed by atoms with Crippen molar-refractivity contribution < 1.29 is 4.79 Å². The molecule has 0 spiro atoms. The molecule has 0 bridgehead atoms. The van der Waals surface area contributed by atoms with Gasteiger partial charge in [-0.25, -0.2) is 0 Å². The van der Waals surface area contributed by atoms with Crippen LogP contribution in [0.25, 0.3) is 0 Å². The Balaban J connectivity index is 1.71. The maximum absolute atomic E-state index is 12.5. The number of carbonyl (C=O) groups excluding carboxylic acids is 1. The first-order chi connectivity index (χ1) is 9.25. The first-order valence-electron chi connectivity index (χ1n) is 7.35. The average Bonchev–Trinajstić information content (AvgIpc) is 2.78. The number of nitrogens with zero attached hydrogens (tertiary/aromatic N) is 1. The molecule has 1 amide bonds. The van der Waals surface area contributed by atoms with E-state index in [1.54, 1.807) is 0 Å². The van der Waals surface area contributed by atoms with Crippen molar-refractivity contribution in [2.75, 3.05) is 24.5 Å². The fraction of sp³-hybridized carbons (Fsp3) is 0.562. The SMILES string of the molecule is CC1CN(C(=O)CC2CCNCC2)c2ccccc21. The number of para-hydroxylation sites is 1. The van der Waals surface area contributed by atoms with Gasteiger partial charge >= 0.3 is 0 Å². The number of hydrogen-bond donors (Lipinski definition) is 1. The van der Waals surface area contributed by atoms with Crippen molar-refractivity contribution in [3.8, 4) is 0 Å². The Hall–Kier alpha value is -1.35. The predicted octanol–water partition coefficient (Wildman–Crippen LogP) is 2.53. The van der Waals surface area contributed by atoms with Gasteiger partial charge in [-0.15, -0.1) is 0 Å². The van der Waals surface area contributed by atoms with Gasteiger partial charge in [-0.3, -0.25) is 4.79 Å². The number of fused-ring (bicyclic) bond motifs is 1. The summed E-state index contributed by atoms with van der Waals surface area (Å²) < 4.78 is 0. The van der Waals surface area contributed by atoms with Crippen molar-refractivity contribution in [3.63, 3.8) is 0 Å². The molecule has 1 N–H and O–H groups in total. The Morgan fingerprint density at radius 1 is 1.32 bits per heavy atom. The van der Waals surface area contributed by atoms with E-state index in [1.807, 2.05) is 11.0 Å². The summed E-state index contributed by atoms with van der Waals surface area (Å²) in [6.45, 7) is 5.18. The number of nitrogens with one attached hydrogen (secondary N) is 1. The van der Waals surface area contributed by atoms with E-state index >= 15 is 0 Å². The van der Waals surface area contributed by atoms with E-state index in [1.165, 1.54) is 5.56 Å². The zero-order valence-corrected chi connectivity index (χ0v) is 11.6. The smallest absolute Gasteiger partial charge is 0.227 e. The number of anilines is 1. The molecule has 2 heterocycles. The summed E-state index contributed by atoms with van der Waals surface area (Å²) in [5.74, 6) is 1.34. The molecule has 2 aliphatic heterocycles. The molecule has 0 aromatic heterocycles. The molecule has 1 aromatic carbocycles. The van der Waals surface area contributed by atoms with E-state index in [9.17, 15) is 4.79 Å². The van der Waals surface area contributed by atoms with Gasteiger partial charge in [0.15, 0.2) is 0 Å². The third-order valence-electron chi connectivity index (χ3n) is 4.44. The van der Waals surface area contributed by atoms with Gasteiger partial charge in [-0.05, 0) is 43.5 Å². The van der Waals surface area contributed by atoms with Gasteiger partial charge in [0.25, 0.3) is 0 Å². The quantitative estimate of drug-likeness (QED) is 0.884. The number of amides is 1. The Labute approximate surface area is 115 Å². The Morgan fingerprint density at radius 3 is 2.84 bits per heavy atom. The highest BCUT2D eigenvalue weighted by Crippen LogP contribution is 2.36. The first-order valence-corrected chi connectivity index (χ1v) is 7.35. The average molecular weight is 258 g/mol. The monoisotopic (exact) mass is 258 g/mol. The van der Waals surface area contributed by atoms with Gasteiger partial charge in [0.1, 0.15) is 0 Å². The molecular formula is C16H22N2O. The van der Waals surface area contributed by atoms with E-state index in [0.29, 0.717) is 24.2 Å². The molecule has 1 fully saturated rings. The molecule has 2 aliphatic rings. The van der Waals surface area contributed by atoms with E-state index in [0.717, 1.165) is 38.2 Å². The van der Waals surface area contributed by atoms with Crippen LogP contribution >= 0.6 is 0 Å². The molecule has 19 heavy (non-hydrogen) atoms. The summed E-state index contributed by atoms with van der Waals surface area (Å²) >= 11 is 0. The van der Waals surface area contributed by atoms with Crippen molar-refractivity contribution in [1.29, 1.82) is 0 Å². The minimum absolute atomic E-state index is 0.309. The normalized spacial score (nSPS) is 23.4. The molecule has 1 aromatic rings. The van der Waals surface area contributed by atoms with Crippen LogP contribution in [0.15, 0.2) is 24.3 Å². The van der Waals surface area contributed by atoms with Crippen LogP contribution in [0.3, 0.4) is 0 Å². The topological polar surface area (TPSA) is 32.3 Å². The lowest BCUT2D eigenvalue weighted by molar-refractivity contribution is -0.119. The predicted molar refractivity (Wildman–Crippen MR) is 77.4 cm³/mol. The van der Waals surface area contributed by atoms with Crippen molar-refractivity contribution in [3.05, 3.63) is 29.8 Å². The van der Waals surface area contributed by atoms with Gasteiger partial charge in [-0.1, -0.05) is 25.1 Å². The van der Waals surface area contributed by atoms with Crippen molar-refractivity contribution in [1.82, 2.24) is 5.32 Å². The first kappa shape index (κ1) is 12.7. The third-order valence-corrected chi connectivity index (χ3v) is 4.44. The van der Waals surface area contributed by atoms with Crippen LogP contribution in [-0.4, -0.2) is 25.5 Å². The molecule has 1 atom stereocenters. The molecule has 1 unspecified atom stereocenters. The summed E-state index contributed by atoms with van der Waals surface area (Å²) in [6, 6.07) is 8.33. The summed E-state index contributed by atoms with van der Waals surface area (Å²) in [7, 11) is 0. The van der Waals surface area contributed by atoms with Gasteiger partial charge in [0.05, 0.1) is 0 Å². The Bertz CT molecular complexity index is 466. The molecule has 3 heteroatoms. The second kappa shape index (κ2) is 5.33. The molecule has 102 valence electrons. The van der Waals surface area contributed by atoms with Crippen LogP contribution in [0, 0.1) is 5.92 Å². The summed E-state index contributed by atoms with van der Waals surface area (Å²) in [6.07, 6.45) is 2.98. The molecule has 1 saturated heterocycles. The van der Waals surface area contributed by atoms with E-state index in [2.05, 4.69) is 30.4 Å². The number of hydrogen-bond acceptors (Lipinski definition) is 2. The van der Waals surface area contributed by atoms with E-state index in [-0.39, 0.29) is 0 Å². The Morgan fingerprint density at radius 2 is 2.05 bits per heavy atom. The zero-order chi connectivity index (χ0) is 13.2. The Kier molecular flexibility index (Phi) is 3.56. The third kappa shape index (κ3) is 2.52. The highest BCUT2D eigenvalue weighted by atomic mass is 16.2. The van der Waals surface area contributed by atoms with Crippen LogP contribution < -0.4 is 10.2 Å². The standard InChI is InChI=1S/C16H22N2O/c1-12-11-18(15-5-3-2-4-14(12)15)16(19)10-13-6-8-17-9-7-13/h2-5,12-13,17H,6-11H2,1H3. The molecule has 3 nitrogen and oxygen atoms in total. The molecule has 0 aliphatic carbocycles. The van der Waals surface area contributed by atoms with Gasteiger partial charge in [0, 0.05) is 24.6 Å². The van der Waals surface area contributed by atoms with E-state index < -0.39 is 0 Å². The largest absolute Gasteiger partial charge is 0.317 e. The fourth-order valence-corrected chi connectivity index (χ4v) is 3.30. The zero-order valence-electron chi connectivity index (χ0n) is 11.6. The minimum Gasteiger partial charge on any atom is -0.317 e. The maximum atomic E-state index is 12.5. The van der Waals surface area contributed by atoms with Crippen LogP contribution in [0.5, 0.6) is 0 Å². The number of rotatable bonds is 2. The lowest BCUT2D eigenvalue weighted by Crippen LogP contribution is -2.34. The number of carbonyl (C=O) groups is 1.